The van der Waals surface area contributed by atoms with Gasteiger partial charge >= 0.3 is 0 Å². The fraction of sp³-hybridized carbons (Fsp3) is 0.400. The Morgan fingerprint density at radius 2 is 1.04 bits per heavy atom. The van der Waals surface area contributed by atoms with Crippen LogP contribution in [0.15, 0.2) is 60.7 Å². The maximum Gasteiger partial charge on any atom is 0.0790 e. The van der Waals surface area contributed by atoms with Crippen LogP contribution in [0.4, 0.5) is 0 Å². The highest BCUT2D eigenvalue weighted by atomic mass is 32.2. The lowest BCUT2D eigenvalue weighted by Crippen LogP contribution is -1.99. The lowest BCUT2D eigenvalue weighted by molar-refractivity contribution is 0.166. The minimum Gasteiger partial charge on any atom is -0.388 e. The Morgan fingerprint density at radius 1 is 0.652 bits per heavy atom. The normalized spacial score (nSPS) is 13.7. The predicted molar refractivity (Wildman–Crippen MR) is 98.6 cm³/mol. The fourth-order valence-corrected chi connectivity index (χ4v) is 3.49. The first-order chi connectivity index (χ1) is 11.3. The molecule has 2 aromatic carbocycles. The van der Waals surface area contributed by atoms with E-state index in [0.717, 1.165) is 48.3 Å². The monoisotopic (exact) mass is 330 g/mol. The van der Waals surface area contributed by atoms with Crippen LogP contribution < -0.4 is 0 Å². The number of thioether (sulfide) groups is 1. The van der Waals surface area contributed by atoms with Gasteiger partial charge in [-0.25, -0.2) is 0 Å². The zero-order valence-corrected chi connectivity index (χ0v) is 14.3. The topological polar surface area (TPSA) is 40.5 Å². The molecule has 2 N–H and O–H groups in total. The Hall–Kier alpha value is -1.29. The van der Waals surface area contributed by atoms with Gasteiger partial charge in [0.05, 0.1) is 12.2 Å². The third-order valence-corrected chi connectivity index (χ3v) is 5.06. The Labute approximate surface area is 143 Å². The molecule has 0 radical (unpaired) electrons. The van der Waals surface area contributed by atoms with Gasteiger partial charge in [-0.2, -0.15) is 11.8 Å². The second-order valence-electron chi connectivity index (χ2n) is 5.75. The summed E-state index contributed by atoms with van der Waals surface area (Å²) in [6.45, 7) is 0. The molecule has 0 aliphatic carbocycles. The van der Waals surface area contributed by atoms with Crippen molar-refractivity contribution in [3.8, 4) is 0 Å². The summed E-state index contributed by atoms with van der Waals surface area (Å²) in [4.78, 5) is 0. The van der Waals surface area contributed by atoms with Gasteiger partial charge in [0.25, 0.3) is 0 Å². The van der Waals surface area contributed by atoms with E-state index < -0.39 is 0 Å². The highest BCUT2D eigenvalue weighted by Crippen LogP contribution is 2.21. The fourth-order valence-electron chi connectivity index (χ4n) is 2.54. The molecule has 0 saturated carbocycles. The second kappa shape index (κ2) is 10.5. The first-order valence-corrected chi connectivity index (χ1v) is 9.46. The number of benzene rings is 2. The Kier molecular flexibility index (Phi) is 8.23. The van der Waals surface area contributed by atoms with Gasteiger partial charge in [-0.3, -0.25) is 0 Å². The molecular formula is C20H26O2S. The molecule has 2 nitrogen and oxygen atoms in total. The summed E-state index contributed by atoms with van der Waals surface area (Å²) in [7, 11) is 0. The molecule has 0 aliphatic heterocycles. The third kappa shape index (κ3) is 6.78. The Morgan fingerprint density at radius 3 is 1.43 bits per heavy atom. The van der Waals surface area contributed by atoms with Crippen molar-refractivity contribution in [2.45, 2.75) is 37.9 Å². The van der Waals surface area contributed by atoms with Crippen LogP contribution in [0.25, 0.3) is 0 Å². The largest absolute Gasteiger partial charge is 0.388 e. The number of aliphatic hydroxyl groups is 2. The van der Waals surface area contributed by atoms with E-state index in [-0.39, 0.29) is 12.2 Å². The molecule has 0 aliphatic rings. The summed E-state index contributed by atoms with van der Waals surface area (Å²) in [6.07, 6.45) is 2.95. The molecule has 0 saturated heterocycles. The van der Waals surface area contributed by atoms with Crippen LogP contribution in [-0.4, -0.2) is 21.7 Å². The summed E-state index contributed by atoms with van der Waals surface area (Å²) >= 11 is 1.91. The van der Waals surface area contributed by atoms with Gasteiger partial charge in [-0.1, -0.05) is 60.7 Å². The van der Waals surface area contributed by atoms with Crippen molar-refractivity contribution in [3.05, 3.63) is 71.8 Å². The Balaban J connectivity index is 1.51. The van der Waals surface area contributed by atoms with Gasteiger partial charge in [-0.15, -0.1) is 0 Å². The van der Waals surface area contributed by atoms with Gasteiger partial charge < -0.3 is 10.2 Å². The lowest BCUT2D eigenvalue weighted by Gasteiger charge is -2.11. The molecule has 3 heteroatoms. The van der Waals surface area contributed by atoms with E-state index in [1.807, 2.05) is 72.4 Å². The summed E-state index contributed by atoms with van der Waals surface area (Å²) in [6, 6.07) is 19.7. The SMILES string of the molecule is OC(CCCSCCCC(O)c1ccccc1)c1ccccc1. The summed E-state index contributed by atoms with van der Waals surface area (Å²) in [5, 5.41) is 20.2. The lowest BCUT2D eigenvalue weighted by atomic mass is 10.1. The highest BCUT2D eigenvalue weighted by Gasteiger charge is 2.07. The van der Waals surface area contributed by atoms with Crippen LogP contribution in [0, 0.1) is 0 Å². The molecular weight excluding hydrogens is 304 g/mol. The van der Waals surface area contributed by atoms with Crippen LogP contribution in [0.1, 0.15) is 49.0 Å². The molecule has 0 bridgehead atoms. The number of hydrogen-bond donors (Lipinski definition) is 2. The minimum atomic E-state index is -0.350. The van der Waals surface area contributed by atoms with Gasteiger partial charge in [0.1, 0.15) is 0 Å². The maximum absolute atomic E-state index is 10.1. The van der Waals surface area contributed by atoms with Gasteiger partial charge in [0, 0.05) is 0 Å². The molecule has 124 valence electrons. The van der Waals surface area contributed by atoms with E-state index in [4.69, 9.17) is 0 Å². The molecule has 2 unspecified atom stereocenters. The molecule has 0 spiro atoms. The maximum atomic E-state index is 10.1. The number of hydrogen-bond acceptors (Lipinski definition) is 3. The van der Waals surface area contributed by atoms with Crippen molar-refractivity contribution >= 4 is 11.8 Å². The van der Waals surface area contributed by atoms with Crippen molar-refractivity contribution in [2.75, 3.05) is 11.5 Å². The van der Waals surface area contributed by atoms with Crippen molar-refractivity contribution in [1.82, 2.24) is 0 Å². The average Bonchev–Trinajstić information content (AvgIpc) is 2.62. The first-order valence-electron chi connectivity index (χ1n) is 8.31. The van der Waals surface area contributed by atoms with E-state index in [9.17, 15) is 10.2 Å². The molecule has 0 fully saturated rings. The van der Waals surface area contributed by atoms with Crippen LogP contribution in [0.3, 0.4) is 0 Å². The van der Waals surface area contributed by atoms with E-state index in [0.29, 0.717) is 0 Å². The molecule has 2 atom stereocenters. The van der Waals surface area contributed by atoms with Crippen molar-refractivity contribution < 1.29 is 10.2 Å². The molecule has 0 aromatic heterocycles. The predicted octanol–water partition coefficient (Wildman–Crippen LogP) is 4.75. The van der Waals surface area contributed by atoms with Crippen molar-refractivity contribution in [2.24, 2.45) is 0 Å². The average molecular weight is 330 g/mol. The molecule has 0 amide bonds. The zero-order valence-electron chi connectivity index (χ0n) is 13.5. The molecule has 2 aromatic rings. The van der Waals surface area contributed by atoms with Crippen LogP contribution in [0.5, 0.6) is 0 Å². The number of aliphatic hydroxyl groups excluding tert-OH is 2. The summed E-state index contributed by atoms with van der Waals surface area (Å²) < 4.78 is 0. The van der Waals surface area contributed by atoms with E-state index in [1.54, 1.807) is 0 Å². The third-order valence-electron chi connectivity index (χ3n) is 3.90. The quantitative estimate of drug-likeness (QED) is 0.618. The standard InChI is InChI=1S/C20H26O2S/c21-19(17-9-3-1-4-10-17)13-7-15-23-16-8-14-20(22)18-11-5-2-6-12-18/h1-6,9-12,19-22H,7-8,13-16H2. The highest BCUT2D eigenvalue weighted by molar-refractivity contribution is 7.99. The van der Waals surface area contributed by atoms with Gasteiger partial charge in [0.15, 0.2) is 0 Å². The van der Waals surface area contributed by atoms with Gasteiger partial charge in [-0.05, 0) is 48.3 Å². The second-order valence-corrected chi connectivity index (χ2v) is 6.97. The zero-order chi connectivity index (χ0) is 16.3. The van der Waals surface area contributed by atoms with Crippen LogP contribution >= 0.6 is 11.8 Å². The molecule has 23 heavy (non-hydrogen) atoms. The Bertz CT molecular complexity index is 480. The first kappa shape index (κ1) is 18.1. The molecule has 2 rings (SSSR count). The van der Waals surface area contributed by atoms with Crippen LogP contribution in [-0.2, 0) is 0 Å². The van der Waals surface area contributed by atoms with E-state index in [1.165, 1.54) is 0 Å². The smallest absolute Gasteiger partial charge is 0.0790 e. The molecule has 0 heterocycles. The van der Waals surface area contributed by atoms with Crippen LogP contribution in [0.2, 0.25) is 0 Å². The van der Waals surface area contributed by atoms with Crippen molar-refractivity contribution in [3.63, 3.8) is 0 Å². The number of rotatable bonds is 10. The van der Waals surface area contributed by atoms with E-state index >= 15 is 0 Å². The minimum absolute atomic E-state index is 0.350. The van der Waals surface area contributed by atoms with Crippen molar-refractivity contribution in [1.29, 1.82) is 0 Å². The summed E-state index contributed by atoms with van der Waals surface area (Å²) in [5.41, 5.74) is 2.01. The van der Waals surface area contributed by atoms with Gasteiger partial charge in [0.2, 0.25) is 0 Å². The summed E-state index contributed by atoms with van der Waals surface area (Å²) in [5.74, 6) is 2.12. The van der Waals surface area contributed by atoms with E-state index in [2.05, 4.69) is 0 Å².